The van der Waals surface area contributed by atoms with Crippen molar-refractivity contribution in [2.45, 2.75) is 46.3 Å². The molecule has 4 amide bonds. The highest BCUT2D eigenvalue weighted by molar-refractivity contribution is 6.35. The molecule has 0 saturated carbocycles. The molecule has 0 aromatic heterocycles. The smallest absolute Gasteiger partial charge is 0.330 e. The molecule has 0 spiro atoms. The Morgan fingerprint density at radius 2 is 1.62 bits per heavy atom. The summed E-state index contributed by atoms with van der Waals surface area (Å²) < 4.78 is 5.18. The Bertz CT molecular complexity index is 667. The summed E-state index contributed by atoms with van der Waals surface area (Å²) in [4.78, 5) is 37.6. The van der Waals surface area contributed by atoms with Crippen molar-refractivity contribution in [3.63, 3.8) is 0 Å². The summed E-state index contributed by atoms with van der Waals surface area (Å²) in [6, 6.07) is 2.68. The molecule has 0 aliphatic carbocycles. The zero-order chi connectivity index (χ0) is 20.1. The summed E-state index contributed by atoms with van der Waals surface area (Å²) in [6.07, 6.45) is 0. The number of carbonyl (C=O) groups is 3. The predicted molar refractivity (Wildman–Crippen MR) is 102 cm³/mol. The third kappa shape index (κ3) is 7.93. The summed E-state index contributed by atoms with van der Waals surface area (Å²) in [6.45, 7) is 8.00. The first kappa shape index (κ1) is 22.1. The first-order chi connectivity index (χ1) is 11.9. The number of halogens is 2. The first-order valence-electron chi connectivity index (χ1n) is 7.94. The quantitative estimate of drug-likeness (QED) is 0.733. The fraction of sp³-hybridized carbons (Fsp3) is 0.471. The van der Waals surface area contributed by atoms with Crippen molar-refractivity contribution in [2.24, 2.45) is 0 Å². The van der Waals surface area contributed by atoms with Crippen LogP contribution in [0.15, 0.2) is 18.2 Å². The maximum absolute atomic E-state index is 12.5. The topological polar surface area (TPSA) is 87.7 Å². The van der Waals surface area contributed by atoms with Gasteiger partial charge in [-0.3, -0.25) is 4.79 Å². The number of rotatable bonds is 4. The van der Waals surface area contributed by atoms with Crippen molar-refractivity contribution in [1.82, 2.24) is 10.2 Å². The van der Waals surface area contributed by atoms with Gasteiger partial charge in [-0.25, -0.2) is 14.5 Å². The van der Waals surface area contributed by atoms with Crippen LogP contribution in [0.4, 0.5) is 15.3 Å². The van der Waals surface area contributed by atoms with E-state index in [4.69, 9.17) is 27.9 Å². The molecule has 0 aliphatic rings. The Balaban J connectivity index is 2.97. The molecule has 26 heavy (non-hydrogen) atoms. The van der Waals surface area contributed by atoms with E-state index in [0.717, 1.165) is 4.90 Å². The molecule has 7 nitrogen and oxygen atoms in total. The zero-order valence-electron chi connectivity index (χ0n) is 15.4. The van der Waals surface area contributed by atoms with E-state index in [-0.39, 0.29) is 6.04 Å². The standard InChI is InChI=1S/C17H23Cl2N3O4/c1-10(2)20-15(24)22(9-14(23)26-17(3,4)5)16(25)21-13-7-11(18)6-12(19)8-13/h6-8,10H,9H2,1-5H3,(H,20,24)(H,21,25). The second kappa shape index (κ2) is 9.09. The van der Waals surface area contributed by atoms with Crippen molar-refractivity contribution in [1.29, 1.82) is 0 Å². The number of nitrogens with zero attached hydrogens (tertiary/aromatic N) is 1. The van der Waals surface area contributed by atoms with E-state index in [2.05, 4.69) is 10.6 Å². The monoisotopic (exact) mass is 403 g/mol. The van der Waals surface area contributed by atoms with E-state index >= 15 is 0 Å². The molecule has 1 rings (SSSR count). The van der Waals surface area contributed by atoms with Crippen LogP contribution >= 0.6 is 23.2 Å². The van der Waals surface area contributed by atoms with E-state index in [1.807, 2.05) is 0 Å². The molecule has 0 aliphatic heterocycles. The van der Waals surface area contributed by atoms with E-state index in [1.54, 1.807) is 34.6 Å². The van der Waals surface area contributed by atoms with Crippen LogP contribution in [0.1, 0.15) is 34.6 Å². The summed E-state index contributed by atoms with van der Waals surface area (Å²) >= 11 is 11.8. The van der Waals surface area contributed by atoms with Gasteiger partial charge in [-0.15, -0.1) is 0 Å². The van der Waals surface area contributed by atoms with Crippen LogP contribution in [0.5, 0.6) is 0 Å². The molecular formula is C17H23Cl2N3O4. The molecule has 0 saturated heterocycles. The maximum atomic E-state index is 12.5. The summed E-state index contributed by atoms with van der Waals surface area (Å²) in [7, 11) is 0. The van der Waals surface area contributed by atoms with Gasteiger partial charge in [-0.2, -0.15) is 0 Å². The Morgan fingerprint density at radius 1 is 1.08 bits per heavy atom. The number of esters is 1. The lowest BCUT2D eigenvalue weighted by molar-refractivity contribution is -0.154. The van der Waals surface area contributed by atoms with Crippen LogP contribution in [-0.2, 0) is 9.53 Å². The number of hydrogen-bond acceptors (Lipinski definition) is 4. The SMILES string of the molecule is CC(C)NC(=O)N(CC(=O)OC(C)(C)C)C(=O)Nc1cc(Cl)cc(Cl)c1. The number of nitrogens with one attached hydrogen (secondary N) is 2. The summed E-state index contributed by atoms with van der Waals surface area (Å²) in [5.41, 5.74) is -0.451. The van der Waals surface area contributed by atoms with Crippen LogP contribution in [-0.4, -0.2) is 41.1 Å². The number of imide groups is 1. The third-order valence-electron chi connectivity index (χ3n) is 2.72. The van der Waals surface area contributed by atoms with Gasteiger partial charge >= 0.3 is 18.0 Å². The lowest BCUT2D eigenvalue weighted by Crippen LogP contribution is -2.50. The minimum atomic E-state index is -0.813. The molecule has 0 unspecified atom stereocenters. The normalized spacial score (nSPS) is 11.1. The van der Waals surface area contributed by atoms with Gasteiger partial charge in [-0.05, 0) is 52.8 Å². The van der Waals surface area contributed by atoms with Crippen molar-refractivity contribution >= 4 is 46.9 Å². The molecule has 0 fully saturated rings. The Kier molecular flexibility index (Phi) is 7.71. The van der Waals surface area contributed by atoms with Crippen molar-refractivity contribution in [2.75, 3.05) is 11.9 Å². The van der Waals surface area contributed by atoms with Crippen molar-refractivity contribution < 1.29 is 19.1 Å². The number of benzene rings is 1. The van der Waals surface area contributed by atoms with E-state index in [9.17, 15) is 14.4 Å². The molecular weight excluding hydrogens is 381 g/mol. The van der Waals surface area contributed by atoms with Crippen LogP contribution in [0.2, 0.25) is 10.0 Å². The Labute approximate surface area is 163 Å². The highest BCUT2D eigenvalue weighted by Crippen LogP contribution is 2.22. The lowest BCUT2D eigenvalue weighted by Gasteiger charge is -2.25. The van der Waals surface area contributed by atoms with Gasteiger partial charge in [0.1, 0.15) is 12.1 Å². The average Bonchev–Trinajstić information content (AvgIpc) is 2.40. The third-order valence-corrected chi connectivity index (χ3v) is 3.16. The molecule has 0 radical (unpaired) electrons. The molecule has 9 heteroatoms. The molecule has 0 bridgehead atoms. The fourth-order valence-electron chi connectivity index (χ4n) is 1.88. The molecule has 144 valence electrons. The van der Waals surface area contributed by atoms with Gasteiger partial charge < -0.3 is 15.4 Å². The highest BCUT2D eigenvalue weighted by Gasteiger charge is 2.27. The van der Waals surface area contributed by atoms with Crippen LogP contribution in [0, 0.1) is 0 Å². The van der Waals surface area contributed by atoms with Gasteiger partial charge in [0, 0.05) is 21.8 Å². The minimum absolute atomic E-state index is 0.225. The van der Waals surface area contributed by atoms with Crippen LogP contribution in [0.3, 0.4) is 0 Å². The number of hydrogen-bond donors (Lipinski definition) is 2. The van der Waals surface area contributed by atoms with Gasteiger partial charge in [-0.1, -0.05) is 23.2 Å². The predicted octanol–water partition coefficient (Wildman–Crippen LogP) is 4.29. The van der Waals surface area contributed by atoms with Gasteiger partial charge in [0.15, 0.2) is 0 Å². The van der Waals surface area contributed by atoms with Gasteiger partial charge in [0.05, 0.1) is 0 Å². The number of carbonyl (C=O) groups excluding carboxylic acids is 3. The number of amides is 4. The molecule has 0 atom stereocenters. The van der Waals surface area contributed by atoms with Crippen LogP contribution in [0.25, 0.3) is 0 Å². The maximum Gasteiger partial charge on any atom is 0.330 e. The zero-order valence-corrected chi connectivity index (χ0v) is 16.9. The second-order valence-corrected chi connectivity index (χ2v) is 7.74. The van der Waals surface area contributed by atoms with Crippen molar-refractivity contribution in [3.8, 4) is 0 Å². The van der Waals surface area contributed by atoms with E-state index in [1.165, 1.54) is 18.2 Å². The van der Waals surface area contributed by atoms with Crippen molar-refractivity contribution in [3.05, 3.63) is 28.2 Å². The lowest BCUT2D eigenvalue weighted by atomic mass is 10.2. The number of urea groups is 2. The van der Waals surface area contributed by atoms with E-state index < -0.39 is 30.2 Å². The van der Waals surface area contributed by atoms with Gasteiger partial charge in [0.25, 0.3) is 0 Å². The first-order valence-corrected chi connectivity index (χ1v) is 8.70. The summed E-state index contributed by atoms with van der Waals surface area (Å²) in [5.74, 6) is -0.712. The Hall–Kier alpha value is -1.99. The highest BCUT2D eigenvalue weighted by atomic mass is 35.5. The second-order valence-electron chi connectivity index (χ2n) is 6.87. The van der Waals surface area contributed by atoms with Crippen LogP contribution < -0.4 is 10.6 Å². The number of ether oxygens (including phenoxy) is 1. The fourth-order valence-corrected chi connectivity index (χ4v) is 2.41. The van der Waals surface area contributed by atoms with E-state index in [0.29, 0.717) is 15.7 Å². The minimum Gasteiger partial charge on any atom is -0.459 e. The molecule has 0 heterocycles. The largest absolute Gasteiger partial charge is 0.459 e. The Morgan fingerprint density at radius 3 is 2.08 bits per heavy atom. The molecule has 2 N–H and O–H groups in total. The number of anilines is 1. The van der Waals surface area contributed by atoms with Gasteiger partial charge in [0.2, 0.25) is 0 Å². The summed E-state index contributed by atoms with van der Waals surface area (Å²) in [5, 5.41) is 5.70. The molecule has 1 aromatic rings. The molecule has 1 aromatic carbocycles. The average molecular weight is 404 g/mol.